The van der Waals surface area contributed by atoms with Gasteiger partial charge in [0.05, 0.1) is 16.1 Å². The number of fused-ring (bicyclic) bond motifs is 2. The van der Waals surface area contributed by atoms with E-state index < -0.39 is 40.0 Å². The highest BCUT2D eigenvalue weighted by atomic mass is 32.2. The molecular weight excluding hydrogens is 510 g/mol. The van der Waals surface area contributed by atoms with Crippen molar-refractivity contribution >= 4 is 41.1 Å². The van der Waals surface area contributed by atoms with Crippen LogP contribution >= 0.6 is 11.8 Å². The number of nitro groups is 1. The summed E-state index contributed by atoms with van der Waals surface area (Å²) in [6.45, 7) is 9.04. The van der Waals surface area contributed by atoms with E-state index >= 15 is 0 Å². The van der Waals surface area contributed by atoms with Crippen LogP contribution in [0.2, 0.25) is 0 Å². The van der Waals surface area contributed by atoms with Crippen molar-refractivity contribution in [3.63, 3.8) is 0 Å². The van der Waals surface area contributed by atoms with Crippen LogP contribution in [0.25, 0.3) is 0 Å². The molecule has 3 heterocycles. The maximum absolute atomic E-state index is 13.5. The summed E-state index contributed by atoms with van der Waals surface area (Å²) in [4.78, 5) is 66.1. The van der Waals surface area contributed by atoms with Gasteiger partial charge in [0, 0.05) is 17.9 Å². The number of β-lactam (4-membered cyclic amide) rings is 1. The summed E-state index contributed by atoms with van der Waals surface area (Å²) in [5.41, 5.74) is 5.26. The van der Waals surface area contributed by atoms with Crippen LogP contribution < -0.4 is 0 Å². The number of thioether (sulfide) groups is 1. The number of nitrogens with zero attached hydrogens (tertiary/aromatic N) is 3. The molecule has 38 heavy (non-hydrogen) atoms. The average molecular weight is 536 g/mol. The zero-order valence-electron chi connectivity index (χ0n) is 21.5. The first-order valence-electron chi connectivity index (χ1n) is 12.0. The monoisotopic (exact) mass is 535 g/mol. The Morgan fingerprint density at radius 2 is 1.50 bits per heavy atom. The van der Waals surface area contributed by atoms with E-state index in [2.05, 4.69) is 0 Å². The maximum Gasteiger partial charge on any atom is 0.355 e. The molecule has 3 aliphatic rings. The Kier molecular flexibility index (Phi) is 6.13. The van der Waals surface area contributed by atoms with E-state index in [9.17, 15) is 29.3 Å². The molecule has 196 valence electrons. The van der Waals surface area contributed by atoms with Gasteiger partial charge in [-0.15, -0.1) is 11.8 Å². The minimum atomic E-state index is -1.02. The van der Waals surface area contributed by atoms with Crippen molar-refractivity contribution in [2.45, 2.75) is 52.6 Å². The number of ether oxygens (including phenoxy) is 1. The summed E-state index contributed by atoms with van der Waals surface area (Å²) >= 11 is 1.39. The number of carbonyl (C=O) groups excluding carboxylic acids is 4. The quantitative estimate of drug-likeness (QED) is 0.186. The second-order valence-corrected chi connectivity index (χ2v) is 10.8. The molecule has 0 radical (unpaired) electrons. The average Bonchev–Trinajstić information content (AvgIpc) is 3.15. The maximum atomic E-state index is 13.5. The number of hydrogen-bond acceptors (Lipinski definition) is 8. The van der Waals surface area contributed by atoms with Gasteiger partial charge in [-0.25, -0.2) is 4.79 Å². The molecule has 5 rings (SSSR count). The Hall–Kier alpha value is -3.99. The third-order valence-corrected chi connectivity index (χ3v) is 9.08. The number of nitro benzene ring substituents is 1. The van der Waals surface area contributed by atoms with Gasteiger partial charge >= 0.3 is 5.97 Å². The molecule has 0 bridgehead atoms. The molecule has 0 saturated carbocycles. The summed E-state index contributed by atoms with van der Waals surface area (Å²) in [6.07, 6.45) is 0. The zero-order valence-corrected chi connectivity index (χ0v) is 22.3. The van der Waals surface area contributed by atoms with Crippen LogP contribution in [-0.4, -0.2) is 55.6 Å². The van der Waals surface area contributed by atoms with Crippen molar-refractivity contribution in [1.82, 2.24) is 9.80 Å². The van der Waals surface area contributed by atoms with Gasteiger partial charge in [0.1, 0.15) is 23.7 Å². The lowest BCUT2D eigenvalue weighted by Gasteiger charge is -2.51. The van der Waals surface area contributed by atoms with Crippen LogP contribution in [0, 0.1) is 37.8 Å². The Morgan fingerprint density at radius 3 is 2.03 bits per heavy atom. The second-order valence-electron chi connectivity index (χ2n) is 9.71. The first-order chi connectivity index (χ1) is 18.0. The second kappa shape index (κ2) is 9.09. The van der Waals surface area contributed by atoms with Gasteiger partial charge in [-0.05, 0) is 80.1 Å². The van der Waals surface area contributed by atoms with Gasteiger partial charge in [0.15, 0.2) is 0 Å². The zero-order chi connectivity index (χ0) is 27.6. The van der Waals surface area contributed by atoms with E-state index in [1.165, 1.54) is 40.9 Å². The van der Waals surface area contributed by atoms with Crippen molar-refractivity contribution in [1.29, 1.82) is 0 Å². The molecule has 2 aromatic rings. The predicted octanol–water partition coefficient (Wildman–Crippen LogP) is 3.73. The third-order valence-electron chi connectivity index (χ3n) is 7.67. The van der Waals surface area contributed by atoms with Crippen LogP contribution in [0.15, 0.2) is 35.5 Å². The van der Waals surface area contributed by atoms with E-state index in [0.717, 1.165) is 27.2 Å². The number of carbonyl (C=O) groups is 4. The molecule has 10 nitrogen and oxygen atoms in total. The number of benzene rings is 2. The molecule has 2 atom stereocenters. The van der Waals surface area contributed by atoms with Gasteiger partial charge in [-0.1, -0.05) is 0 Å². The lowest BCUT2D eigenvalue weighted by Crippen LogP contribution is -2.71. The lowest BCUT2D eigenvalue weighted by molar-refractivity contribution is -0.384. The number of imide groups is 1. The molecule has 0 aliphatic carbocycles. The van der Waals surface area contributed by atoms with Crippen molar-refractivity contribution in [2.75, 3.05) is 5.75 Å². The Labute approximate surface area is 222 Å². The molecule has 3 aliphatic heterocycles. The summed E-state index contributed by atoms with van der Waals surface area (Å²) in [7, 11) is 0. The Balaban J connectivity index is 1.37. The predicted molar refractivity (Wildman–Crippen MR) is 138 cm³/mol. The molecule has 2 aromatic carbocycles. The highest BCUT2D eigenvalue weighted by molar-refractivity contribution is 8.00. The van der Waals surface area contributed by atoms with Gasteiger partial charge in [-0.2, -0.15) is 0 Å². The molecule has 0 N–H and O–H groups in total. The van der Waals surface area contributed by atoms with Crippen molar-refractivity contribution in [3.8, 4) is 0 Å². The van der Waals surface area contributed by atoms with Crippen molar-refractivity contribution in [2.24, 2.45) is 0 Å². The molecule has 1 unspecified atom stereocenters. The summed E-state index contributed by atoms with van der Waals surface area (Å²) < 4.78 is 5.43. The highest BCUT2D eigenvalue weighted by Crippen LogP contribution is 2.45. The smallest absolute Gasteiger partial charge is 0.355 e. The molecular formula is C27H25N3O7S. The van der Waals surface area contributed by atoms with Crippen LogP contribution in [0.3, 0.4) is 0 Å². The van der Waals surface area contributed by atoms with Gasteiger partial charge in [0.2, 0.25) is 0 Å². The SMILES string of the molecule is CC1=C(C(=O)OCc2ccc([N+](=O)[O-])cc2)N2C(=O)C(N3C(=O)c4c(C)c(C)c(C)c(C)c4C3=O)[C@@H]2SC1. The fourth-order valence-corrected chi connectivity index (χ4v) is 6.55. The minimum Gasteiger partial charge on any atom is -0.456 e. The van der Waals surface area contributed by atoms with Gasteiger partial charge < -0.3 is 4.74 Å². The molecule has 1 fully saturated rings. The van der Waals surface area contributed by atoms with E-state index in [1.54, 1.807) is 6.92 Å². The molecule has 1 saturated heterocycles. The van der Waals surface area contributed by atoms with Crippen LogP contribution in [0.5, 0.6) is 0 Å². The van der Waals surface area contributed by atoms with Crippen LogP contribution in [0.4, 0.5) is 5.69 Å². The molecule has 11 heteroatoms. The third kappa shape index (κ3) is 3.64. The molecule has 0 aromatic heterocycles. The number of amides is 3. The van der Waals surface area contributed by atoms with Crippen LogP contribution in [0.1, 0.15) is 55.5 Å². The van der Waals surface area contributed by atoms with Crippen molar-refractivity contribution in [3.05, 3.63) is 84.6 Å². The topological polar surface area (TPSA) is 127 Å². The summed E-state index contributed by atoms with van der Waals surface area (Å²) in [6, 6.07) is 4.61. The van der Waals surface area contributed by atoms with Crippen LogP contribution in [-0.2, 0) is 20.9 Å². The first-order valence-corrected chi connectivity index (χ1v) is 13.0. The highest BCUT2D eigenvalue weighted by Gasteiger charge is 2.60. The summed E-state index contributed by atoms with van der Waals surface area (Å²) in [5.74, 6) is -1.77. The summed E-state index contributed by atoms with van der Waals surface area (Å²) in [5, 5.41) is 10.2. The number of non-ortho nitro benzene ring substituents is 1. The standard InChI is InChI=1S/C27H25N3O7S/c1-12-11-38-26-22(28-23(31)19-15(4)13(2)14(3)16(5)20(19)24(28)32)25(33)29(26)21(12)27(34)37-10-17-6-8-18(9-7-17)30(35)36/h6-9,22,26H,10-11H2,1-5H3/t22?,26-/m0/s1. The normalized spacial score (nSPS) is 20.4. The van der Waals surface area contributed by atoms with Gasteiger partial charge in [0.25, 0.3) is 23.4 Å². The minimum absolute atomic E-state index is 0.0770. The lowest BCUT2D eigenvalue weighted by atomic mass is 9.90. The van der Waals surface area contributed by atoms with E-state index in [4.69, 9.17) is 4.74 Å². The number of esters is 1. The molecule has 0 spiro atoms. The first kappa shape index (κ1) is 25.7. The van der Waals surface area contributed by atoms with E-state index in [-0.39, 0.29) is 18.0 Å². The molecule has 3 amide bonds. The fraction of sp³-hybridized carbons (Fsp3) is 0.333. The van der Waals surface area contributed by atoms with E-state index in [1.807, 2.05) is 27.7 Å². The Morgan fingerprint density at radius 1 is 0.947 bits per heavy atom. The van der Waals surface area contributed by atoms with E-state index in [0.29, 0.717) is 28.0 Å². The number of rotatable bonds is 5. The number of hydrogen-bond donors (Lipinski definition) is 0. The largest absolute Gasteiger partial charge is 0.456 e. The fourth-order valence-electron chi connectivity index (χ4n) is 5.21. The Bertz CT molecular complexity index is 1450. The van der Waals surface area contributed by atoms with Crippen molar-refractivity contribution < 1.29 is 28.8 Å². The van der Waals surface area contributed by atoms with Gasteiger partial charge in [-0.3, -0.25) is 34.3 Å².